The van der Waals surface area contributed by atoms with Crippen LogP contribution in [0.5, 0.6) is 11.5 Å². The second kappa shape index (κ2) is 6.66. The fraction of sp³-hybridized carbons (Fsp3) is 0.0625. The Balaban J connectivity index is 2.24. The molecule has 0 radical (unpaired) electrons. The molecule has 0 bridgehead atoms. The number of aryl methyl sites for hydroxylation is 1. The Labute approximate surface area is 132 Å². The first-order valence-corrected chi connectivity index (χ1v) is 6.86. The van der Waals surface area contributed by atoms with E-state index in [1.165, 1.54) is 6.08 Å². The first kappa shape index (κ1) is 15.4. The number of carboxylic acid groups (broad SMARTS) is 1. The number of benzene rings is 2. The van der Waals surface area contributed by atoms with Crippen molar-refractivity contribution in [2.75, 3.05) is 0 Å². The molecule has 2 aromatic rings. The van der Waals surface area contributed by atoms with Crippen LogP contribution in [0.3, 0.4) is 0 Å². The van der Waals surface area contributed by atoms with Gasteiger partial charge >= 0.3 is 5.97 Å². The molecule has 0 atom stereocenters. The van der Waals surface area contributed by atoms with Gasteiger partial charge in [-0.15, -0.1) is 0 Å². The lowest BCUT2D eigenvalue weighted by molar-refractivity contribution is -0.131. The molecular weight excluding hydrogens is 311 g/mol. The highest BCUT2D eigenvalue weighted by Crippen LogP contribution is 2.32. The first-order chi connectivity index (χ1) is 9.95. The fourth-order valence-electron chi connectivity index (χ4n) is 1.68. The van der Waals surface area contributed by atoms with E-state index in [9.17, 15) is 4.79 Å². The van der Waals surface area contributed by atoms with E-state index in [1.54, 1.807) is 24.3 Å². The molecule has 0 saturated heterocycles. The Kier molecular flexibility index (Phi) is 4.89. The minimum Gasteiger partial charge on any atom is -0.478 e. The number of ether oxygens (including phenoxy) is 1. The van der Waals surface area contributed by atoms with Gasteiger partial charge in [-0.05, 0) is 54.5 Å². The molecule has 0 amide bonds. The van der Waals surface area contributed by atoms with Crippen LogP contribution in [0.25, 0.3) is 6.08 Å². The van der Waals surface area contributed by atoms with Crippen LogP contribution in [-0.2, 0) is 4.79 Å². The Morgan fingerprint density at radius 3 is 2.57 bits per heavy atom. The topological polar surface area (TPSA) is 46.5 Å². The van der Waals surface area contributed by atoms with Crippen molar-refractivity contribution < 1.29 is 14.6 Å². The number of halogens is 2. The van der Waals surface area contributed by atoms with Crippen LogP contribution in [0.1, 0.15) is 11.1 Å². The van der Waals surface area contributed by atoms with Crippen molar-refractivity contribution in [3.63, 3.8) is 0 Å². The zero-order chi connectivity index (χ0) is 15.4. The molecular formula is C16H12Cl2O3. The standard InChI is InChI=1S/C16H12Cl2O3/c1-10-2-6-13(17)15(8-10)21-12-5-3-11(14(18)9-12)4-7-16(19)20/h2-9H,1H3,(H,19,20)/b7-4+. The van der Waals surface area contributed by atoms with Crippen LogP contribution in [0.2, 0.25) is 10.0 Å². The SMILES string of the molecule is Cc1ccc(Cl)c(Oc2ccc(/C=C/C(=O)O)c(Cl)c2)c1. The second-order valence-electron chi connectivity index (χ2n) is 4.39. The Bertz CT molecular complexity index is 709. The highest BCUT2D eigenvalue weighted by Gasteiger charge is 2.06. The number of carbonyl (C=O) groups is 1. The maximum absolute atomic E-state index is 10.5. The Morgan fingerprint density at radius 1 is 1.14 bits per heavy atom. The third-order valence-electron chi connectivity index (χ3n) is 2.69. The van der Waals surface area contributed by atoms with Gasteiger partial charge in [-0.25, -0.2) is 4.79 Å². The van der Waals surface area contributed by atoms with Crippen molar-refractivity contribution >= 4 is 35.2 Å². The van der Waals surface area contributed by atoms with Crippen LogP contribution in [-0.4, -0.2) is 11.1 Å². The van der Waals surface area contributed by atoms with Gasteiger partial charge in [0.2, 0.25) is 0 Å². The summed E-state index contributed by atoms with van der Waals surface area (Å²) in [7, 11) is 0. The molecule has 0 aromatic heterocycles. The molecule has 5 heteroatoms. The van der Waals surface area contributed by atoms with Gasteiger partial charge < -0.3 is 9.84 Å². The Morgan fingerprint density at radius 2 is 1.90 bits per heavy atom. The molecule has 2 rings (SSSR count). The molecule has 0 fully saturated rings. The van der Waals surface area contributed by atoms with Crippen LogP contribution in [0.15, 0.2) is 42.5 Å². The van der Waals surface area contributed by atoms with E-state index >= 15 is 0 Å². The summed E-state index contributed by atoms with van der Waals surface area (Å²) in [6.07, 6.45) is 2.45. The maximum Gasteiger partial charge on any atom is 0.328 e. The van der Waals surface area contributed by atoms with Gasteiger partial charge in [-0.2, -0.15) is 0 Å². The normalized spacial score (nSPS) is 10.8. The summed E-state index contributed by atoms with van der Waals surface area (Å²) in [5.41, 5.74) is 1.63. The number of hydrogen-bond donors (Lipinski definition) is 1. The van der Waals surface area contributed by atoms with Gasteiger partial charge in [-0.1, -0.05) is 29.3 Å². The van der Waals surface area contributed by atoms with Crippen molar-refractivity contribution in [2.45, 2.75) is 6.92 Å². The molecule has 108 valence electrons. The number of rotatable bonds is 4. The summed E-state index contributed by atoms with van der Waals surface area (Å²) in [5.74, 6) is 0.0412. The highest BCUT2D eigenvalue weighted by molar-refractivity contribution is 6.32. The second-order valence-corrected chi connectivity index (χ2v) is 5.21. The molecule has 0 saturated carbocycles. The molecule has 2 aromatic carbocycles. The minimum absolute atomic E-state index is 0.397. The predicted molar refractivity (Wildman–Crippen MR) is 84.4 cm³/mol. The lowest BCUT2D eigenvalue weighted by atomic mass is 10.2. The number of carboxylic acids is 1. The van der Waals surface area contributed by atoms with Crippen molar-refractivity contribution in [3.8, 4) is 11.5 Å². The molecule has 0 unspecified atom stereocenters. The third kappa shape index (κ3) is 4.25. The molecule has 1 N–H and O–H groups in total. The average molecular weight is 323 g/mol. The third-order valence-corrected chi connectivity index (χ3v) is 3.33. The zero-order valence-electron chi connectivity index (χ0n) is 11.1. The van der Waals surface area contributed by atoms with Crippen molar-refractivity contribution in [2.24, 2.45) is 0 Å². The monoisotopic (exact) mass is 322 g/mol. The zero-order valence-corrected chi connectivity index (χ0v) is 12.7. The number of hydrogen-bond acceptors (Lipinski definition) is 2. The van der Waals surface area contributed by atoms with Gasteiger partial charge in [0, 0.05) is 6.08 Å². The van der Waals surface area contributed by atoms with Gasteiger partial charge in [0.15, 0.2) is 0 Å². The van der Waals surface area contributed by atoms with Gasteiger partial charge in [0.25, 0.3) is 0 Å². The van der Waals surface area contributed by atoms with Gasteiger partial charge in [0.1, 0.15) is 11.5 Å². The summed E-state index contributed by atoms with van der Waals surface area (Å²) in [6, 6.07) is 10.5. The van der Waals surface area contributed by atoms with E-state index in [4.69, 9.17) is 33.0 Å². The molecule has 0 aliphatic carbocycles. The maximum atomic E-state index is 10.5. The number of aliphatic carboxylic acids is 1. The first-order valence-electron chi connectivity index (χ1n) is 6.10. The quantitative estimate of drug-likeness (QED) is 0.787. The summed E-state index contributed by atoms with van der Waals surface area (Å²) >= 11 is 12.2. The molecule has 0 aliphatic rings. The van der Waals surface area contributed by atoms with Crippen LogP contribution in [0, 0.1) is 6.92 Å². The summed E-state index contributed by atoms with van der Waals surface area (Å²) in [6.45, 7) is 1.94. The van der Waals surface area contributed by atoms with Gasteiger partial charge in [0.05, 0.1) is 10.0 Å². The largest absolute Gasteiger partial charge is 0.478 e. The van der Waals surface area contributed by atoms with E-state index in [-0.39, 0.29) is 0 Å². The Hall–Kier alpha value is -1.97. The predicted octanol–water partition coefficient (Wildman–Crippen LogP) is 5.19. The smallest absolute Gasteiger partial charge is 0.328 e. The fourth-order valence-corrected chi connectivity index (χ4v) is 2.07. The van der Waals surface area contributed by atoms with E-state index in [1.807, 2.05) is 19.1 Å². The lowest BCUT2D eigenvalue weighted by Gasteiger charge is -2.09. The highest BCUT2D eigenvalue weighted by atomic mass is 35.5. The van der Waals surface area contributed by atoms with Crippen LogP contribution < -0.4 is 4.74 Å². The van der Waals surface area contributed by atoms with E-state index < -0.39 is 5.97 Å². The van der Waals surface area contributed by atoms with Crippen molar-refractivity contribution in [3.05, 3.63) is 63.6 Å². The van der Waals surface area contributed by atoms with E-state index in [0.29, 0.717) is 27.1 Å². The summed E-state index contributed by atoms with van der Waals surface area (Å²) in [4.78, 5) is 10.5. The van der Waals surface area contributed by atoms with E-state index in [2.05, 4.69) is 0 Å². The minimum atomic E-state index is -1.03. The van der Waals surface area contributed by atoms with Gasteiger partial charge in [-0.3, -0.25) is 0 Å². The summed E-state index contributed by atoms with van der Waals surface area (Å²) < 4.78 is 5.69. The molecule has 0 spiro atoms. The lowest BCUT2D eigenvalue weighted by Crippen LogP contribution is -1.88. The molecule has 3 nitrogen and oxygen atoms in total. The van der Waals surface area contributed by atoms with Crippen LogP contribution >= 0.6 is 23.2 Å². The van der Waals surface area contributed by atoms with Crippen LogP contribution in [0.4, 0.5) is 0 Å². The van der Waals surface area contributed by atoms with Crippen molar-refractivity contribution in [1.82, 2.24) is 0 Å². The molecule has 0 heterocycles. The van der Waals surface area contributed by atoms with Crippen molar-refractivity contribution in [1.29, 1.82) is 0 Å². The average Bonchev–Trinajstić information content (AvgIpc) is 2.42. The summed E-state index contributed by atoms with van der Waals surface area (Å²) in [5, 5.41) is 9.51. The van der Waals surface area contributed by atoms with E-state index in [0.717, 1.165) is 11.6 Å². The molecule has 0 aliphatic heterocycles. The molecule has 21 heavy (non-hydrogen) atoms.